The largest absolute Gasteiger partial charge is 0.394 e. The first-order valence-corrected chi connectivity index (χ1v) is 11.6. The highest BCUT2D eigenvalue weighted by Crippen LogP contribution is 2.36. The van der Waals surface area contributed by atoms with Crippen molar-refractivity contribution in [2.45, 2.75) is 41.3 Å². The molecule has 1 fully saturated rings. The van der Waals surface area contributed by atoms with E-state index >= 15 is 0 Å². The van der Waals surface area contributed by atoms with E-state index in [0.717, 1.165) is 44.9 Å². The van der Waals surface area contributed by atoms with Gasteiger partial charge in [-0.25, -0.2) is 9.97 Å². The second-order valence-corrected chi connectivity index (χ2v) is 9.64. The summed E-state index contributed by atoms with van der Waals surface area (Å²) in [6.45, 7) is 2.69. The van der Waals surface area contributed by atoms with Crippen LogP contribution < -0.4 is 5.32 Å². The van der Waals surface area contributed by atoms with Crippen molar-refractivity contribution in [3.63, 3.8) is 0 Å². The summed E-state index contributed by atoms with van der Waals surface area (Å²) in [6, 6.07) is 11.6. The van der Waals surface area contributed by atoms with Crippen molar-refractivity contribution in [3.05, 3.63) is 59.9 Å². The molecule has 1 saturated heterocycles. The number of benzene rings is 1. The van der Waals surface area contributed by atoms with E-state index < -0.39 is 0 Å². The molecule has 0 saturated carbocycles. The molecule has 1 aliphatic rings. The Labute approximate surface area is 184 Å². The SMILES string of the molecule is Cc1ccc(Sc2cnc(Nc3ccccn3)s2)cc1C(=O)N1CCCCC1CO. The molecule has 0 aliphatic carbocycles. The van der Waals surface area contributed by atoms with Crippen LogP contribution in [-0.4, -0.2) is 45.1 Å². The Morgan fingerprint density at radius 2 is 2.20 bits per heavy atom. The molecule has 1 atom stereocenters. The van der Waals surface area contributed by atoms with Gasteiger partial charge in [-0.15, -0.1) is 0 Å². The minimum Gasteiger partial charge on any atom is -0.394 e. The number of hydrogen-bond donors (Lipinski definition) is 2. The van der Waals surface area contributed by atoms with Gasteiger partial charge in [0.05, 0.1) is 23.1 Å². The number of nitrogens with one attached hydrogen (secondary N) is 1. The number of piperidine rings is 1. The number of aryl methyl sites for hydroxylation is 1. The van der Waals surface area contributed by atoms with Gasteiger partial charge in [0.15, 0.2) is 5.13 Å². The van der Waals surface area contributed by atoms with E-state index in [1.165, 1.54) is 0 Å². The summed E-state index contributed by atoms with van der Waals surface area (Å²) in [4.78, 5) is 24.7. The van der Waals surface area contributed by atoms with Crippen LogP contribution in [0.4, 0.5) is 10.9 Å². The summed E-state index contributed by atoms with van der Waals surface area (Å²) in [5.41, 5.74) is 1.66. The Kier molecular flexibility index (Phi) is 6.66. The topological polar surface area (TPSA) is 78.4 Å². The van der Waals surface area contributed by atoms with Crippen LogP contribution in [0, 0.1) is 6.92 Å². The average Bonchev–Trinajstić information content (AvgIpc) is 3.22. The predicted octanol–water partition coefficient (Wildman–Crippen LogP) is 4.73. The number of likely N-dealkylation sites (tertiary alicyclic amines) is 1. The van der Waals surface area contributed by atoms with Crippen molar-refractivity contribution in [1.82, 2.24) is 14.9 Å². The average molecular weight is 441 g/mol. The van der Waals surface area contributed by atoms with E-state index in [4.69, 9.17) is 0 Å². The molecule has 0 radical (unpaired) electrons. The molecule has 0 bridgehead atoms. The fraction of sp³-hybridized carbons (Fsp3) is 0.318. The number of pyridine rings is 1. The molecule has 1 aliphatic heterocycles. The van der Waals surface area contributed by atoms with Crippen molar-refractivity contribution < 1.29 is 9.90 Å². The van der Waals surface area contributed by atoms with E-state index in [-0.39, 0.29) is 18.6 Å². The van der Waals surface area contributed by atoms with Gasteiger partial charge in [-0.2, -0.15) is 0 Å². The zero-order chi connectivity index (χ0) is 20.9. The Morgan fingerprint density at radius 1 is 1.30 bits per heavy atom. The molecule has 3 heterocycles. The van der Waals surface area contributed by atoms with Gasteiger partial charge < -0.3 is 15.3 Å². The number of aliphatic hydroxyl groups excluding tert-OH is 1. The summed E-state index contributed by atoms with van der Waals surface area (Å²) in [6.07, 6.45) is 6.48. The van der Waals surface area contributed by atoms with Gasteiger partial charge in [0.1, 0.15) is 5.82 Å². The van der Waals surface area contributed by atoms with Crippen LogP contribution in [0.3, 0.4) is 0 Å². The maximum absolute atomic E-state index is 13.2. The maximum atomic E-state index is 13.2. The van der Waals surface area contributed by atoms with E-state index in [9.17, 15) is 9.90 Å². The van der Waals surface area contributed by atoms with Crippen molar-refractivity contribution in [2.75, 3.05) is 18.5 Å². The Balaban J connectivity index is 1.49. The van der Waals surface area contributed by atoms with Gasteiger partial charge in [0.2, 0.25) is 0 Å². The lowest BCUT2D eigenvalue weighted by atomic mass is 10.00. The lowest BCUT2D eigenvalue weighted by Crippen LogP contribution is -2.45. The van der Waals surface area contributed by atoms with Crippen LogP contribution in [0.5, 0.6) is 0 Å². The minimum atomic E-state index is -0.0799. The number of carbonyl (C=O) groups excluding carboxylic acids is 1. The number of aliphatic hydroxyl groups is 1. The zero-order valence-corrected chi connectivity index (χ0v) is 18.4. The Morgan fingerprint density at radius 3 is 3.00 bits per heavy atom. The first-order chi connectivity index (χ1) is 14.6. The third-order valence-electron chi connectivity index (χ3n) is 5.14. The molecule has 4 rings (SSSR count). The second kappa shape index (κ2) is 9.59. The van der Waals surface area contributed by atoms with Gasteiger partial charge in [-0.3, -0.25) is 4.79 Å². The smallest absolute Gasteiger partial charge is 0.254 e. The third kappa shape index (κ3) is 4.83. The van der Waals surface area contributed by atoms with Gasteiger partial charge >= 0.3 is 0 Å². The lowest BCUT2D eigenvalue weighted by Gasteiger charge is -2.35. The first kappa shape index (κ1) is 20.8. The molecule has 1 amide bonds. The van der Waals surface area contributed by atoms with Crippen LogP contribution in [0.1, 0.15) is 35.2 Å². The Hall–Kier alpha value is -2.42. The summed E-state index contributed by atoms with van der Waals surface area (Å²) < 4.78 is 1.03. The summed E-state index contributed by atoms with van der Waals surface area (Å²) >= 11 is 3.13. The maximum Gasteiger partial charge on any atom is 0.254 e. The van der Waals surface area contributed by atoms with Crippen LogP contribution in [0.25, 0.3) is 0 Å². The molecule has 6 nitrogen and oxygen atoms in total. The Bertz CT molecular complexity index is 1010. The van der Waals surface area contributed by atoms with Crippen LogP contribution in [0.2, 0.25) is 0 Å². The standard InChI is InChI=1S/C22H24N4O2S2/c1-15-8-9-17(12-18(15)21(28)26-11-5-3-6-16(26)14-27)29-20-13-24-22(30-20)25-19-7-2-4-10-23-19/h2,4,7-10,12-13,16,27H,3,5-6,11,14H2,1H3,(H,23,24,25). The molecule has 3 aromatic rings. The minimum absolute atomic E-state index is 0.00973. The fourth-order valence-corrected chi connectivity index (χ4v) is 5.43. The van der Waals surface area contributed by atoms with Crippen molar-refractivity contribution in [1.29, 1.82) is 0 Å². The molecule has 8 heteroatoms. The highest BCUT2D eigenvalue weighted by molar-refractivity contribution is 8.01. The van der Waals surface area contributed by atoms with Crippen molar-refractivity contribution in [3.8, 4) is 0 Å². The highest BCUT2D eigenvalue weighted by Gasteiger charge is 2.27. The summed E-state index contributed by atoms with van der Waals surface area (Å²) in [7, 11) is 0. The molecular weight excluding hydrogens is 416 g/mol. The van der Waals surface area contributed by atoms with Gasteiger partial charge in [-0.1, -0.05) is 35.2 Å². The lowest BCUT2D eigenvalue weighted by molar-refractivity contribution is 0.0502. The number of hydrogen-bond acceptors (Lipinski definition) is 7. The monoisotopic (exact) mass is 440 g/mol. The molecular formula is C22H24N4O2S2. The summed E-state index contributed by atoms with van der Waals surface area (Å²) in [5.74, 6) is 0.766. The first-order valence-electron chi connectivity index (χ1n) is 9.98. The molecule has 0 spiro atoms. The zero-order valence-electron chi connectivity index (χ0n) is 16.7. The molecule has 1 unspecified atom stereocenters. The van der Waals surface area contributed by atoms with Gasteiger partial charge in [-0.05, 0) is 56.0 Å². The highest BCUT2D eigenvalue weighted by atomic mass is 32.2. The van der Waals surface area contributed by atoms with Crippen LogP contribution in [-0.2, 0) is 0 Å². The van der Waals surface area contributed by atoms with Crippen molar-refractivity contribution >= 4 is 40.0 Å². The number of rotatable bonds is 6. The molecule has 2 aromatic heterocycles. The summed E-state index contributed by atoms with van der Waals surface area (Å²) in [5, 5.41) is 13.6. The molecule has 1 aromatic carbocycles. The molecule has 2 N–H and O–H groups in total. The predicted molar refractivity (Wildman–Crippen MR) is 121 cm³/mol. The molecule has 30 heavy (non-hydrogen) atoms. The fourth-order valence-electron chi connectivity index (χ4n) is 3.53. The molecule has 156 valence electrons. The van der Waals surface area contributed by atoms with Crippen molar-refractivity contribution in [2.24, 2.45) is 0 Å². The second-order valence-electron chi connectivity index (χ2n) is 7.23. The number of amides is 1. The number of anilines is 2. The quantitative estimate of drug-likeness (QED) is 0.577. The van der Waals surface area contributed by atoms with Gasteiger partial charge in [0, 0.05) is 23.2 Å². The van der Waals surface area contributed by atoms with E-state index in [1.807, 2.05) is 54.4 Å². The van der Waals surface area contributed by atoms with Crippen LogP contribution >= 0.6 is 23.1 Å². The van der Waals surface area contributed by atoms with E-state index in [1.54, 1.807) is 29.3 Å². The third-order valence-corrected chi connectivity index (χ3v) is 7.14. The van der Waals surface area contributed by atoms with E-state index in [0.29, 0.717) is 12.1 Å². The normalized spacial score (nSPS) is 16.5. The number of aromatic nitrogens is 2. The van der Waals surface area contributed by atoms with E-state index in [2.05, 4.69) is 15.3 Å². The van der Waals surface area contributed by atoms with Gasteiger partial charge in [0.25, 0.3) is 5.91 Å². The number of nitrogens with zero attached hydrogens (tertiary/aromatic N) is 3. The van der Waals surface area contributed by atoms with Crippen LogP contribution in [0.15, 0.2) is 57.9 Å². The number of thiazole rings is 1. The number of carbonyl (C=O) groups is 1.